The van der Waals surface area contributed by atoms with Crippen LogP contribution in [0.2, 0.25) is 0 Å². The Kier molecular flexibility index (Phi) is 4.73. The smallest absolute Gasteiger partial charge is 0.243 e. The van der Waals surface area contributed by atoms with E-state index in [0.717, 1.165) is 82.3 Å². The summed E-state index contributed by atoms with van der Waals surface area (Å²) in [6.07, 6.45) is 8.33. The largest absolute Gasteiger partial charge is 0.618 e. The minimum absolute atomic E-state index is 0.0990. The van der Waals surface area contributed by atoms with Crippen LogP contribution in [-0.4, -0.2) is 40.1 Å². The molecule has 4 aliphatic rings. The van der Waals surface area contributed by atoms with E-state index in [1.807, 2.05) is 12.1 Å². The predicted octanol–water partition coefficient (Wildman–Crippen LogP) is 4.02. The van der Waals surface area contributed by atoms with Gasteiger partial charge in [-0.2, -0.15) is 4.73 Å². The summed E-state index contributed by atoms with van der Waals surface area (Å²) in [5.41, 5.74) is 12.5. The Morgan fingerprint density at radius 1 is 1.21 bits per heavy atom. The minimum atomic E-state index is -0.255. The van der Waals surface area contributed by atoms with Gasteiger partial charge in [0.25, 0.3) is 0 Å². The maximum Gasteiger partial charge on any atom is 0.243 e. The number of fused-ring (bicyclic) bond motifs is 4. The van der Waals surface area contributed by atoms with Crippen molar-refractivity contribution < 1.29 is 9.12 Å². The number of pyridine rings is 2. The number of aromatic nitrogens is 4. The highest BCUT2D eigenvalue weighted by molar-refractivity contribution is 7.99. The Labute approximate surface area is 223 Å². The quantitative estimate of drug-likeness (QED) is 0.201. The average molecular weight is 528 g/mol. The van der Waals surface area contributed by atoms with E-state index < -0.39 is 0 Å². The summed E-state index contributed by atoms with van der Waals surface area (Å²) >= 11 is 1.39. The van der Waals surface area contributed by atoms with Crippen molar-refractivity contribution in [3.05, 3.63) is 65.0 Å². The first-order chi connectivity index (χ1) is 18.5. The van der Waals surface area contributed by atoms with Crippen LogP contribution in [0, 0.1) is 16.4 Å². The first-order valence-corrected chi connectivity index (χ1v) is 13.9. The van der Waals surface area contributed by atoms with Crippen LogP contribution in [0.1, 0.15) is 36.9 Å². The third-order valence-corrected chi connectivity index (χ3v) is 9.23. The molecule has 1 atom stereocenters. The fraction of sp³-hybridized carbons (Fsp3) is 0.357. The maximum absolute atomic E-state index is 14.9. The zero-order chi connectivity index (χ0) is 25.6. The molecular weight excluding hydrogens is 501 g/mol. The Morgan fingerprint density at radius 3 is 2.87 bits per heavy atom. The van der Waals surface area contributed by atoms with Gasteiger partial charge in [-0.3, -0.25) is 0 Å². The second-order valence-electron chi connectivity index (χ2n) is 11.1. The van der Waals surface area contributed by atoms with E-state index in [2.05, 4.69) is 15.2 Å². The molecule has 4 aromatic rings. The number of halogens is 1. The van der Waals surface area contributed by atoms with Crippen molar-refractivity contribution in [3.63, 3.8) is 0 Å². The van der Waals surface area contributed by atoms with E-state index in [-0.39, 0.29) is 17.3 Å². The fourth-order valence-electron chi connectivity index (χ4n) is 5.99. The number of hydrogen-bond acceptors (Lipinski definition) is 8. The van der Waals surface area contributed by atoms with E-state index >= 15 is 0 Å². The van der Waals surface area contributed by atoms with E-state index in [4.69, 9.17) is 15.7 Å². The molecule has 8 nitrogen and oxygen atoms in total. The molecule has 1 aromatic carbocycles. The summed E-state index contributed by atoms with van der Waals surface area (Å²) in [6, 6.07) is 9.07. The predicted molar refractivity (Wildman–Crippen MR) is 144 cm³/mol. The molecule has 192 valence electrons. The molecule has 38 heavy (non-hydrogen) atoms. The van der Waals surface area contributed by atoms with Gasteiger partial charge in [-0.05, 0) is 66.8 Å². The third-order valence-electron chi connectivity index (χ3n) is 8.41. The van der Waals surface area contributed by atoms with E-state index in [1.54, 1.807) is 24.4 Å². The lowest BCUT2D eigenvalue weighted by molar-refractivity contribution is -0.577. The lowest BCUT2D eigenvalue weighted by atomic mass is 10.0. The van der Waals surface area contributed by atoms with Crippen molar-refractivity contribution in [3.8, 4) is 11.1 Å². The monoisotopic (exact) mass is 527 g/mol. The second kappa shape index (κ2) is 8.00. The van der Waals surface area contributed by atoms with E-state index in [0.29, 0.717) is 28.7 Å². The highest BCUT2D eigenvalue weighted by Gasteiger charge is 2.54. The van der Waals surface area contributed by atoms with Gasteiger partial charge in [-0.1, -0.05) is 0 Å². The lowest BCUT2D eigenvalue weighted by Crippen LogP contribution is -2.30. The van der Waals surface area contributed by atoms with Crippen LogP contribution in [0.4, 0.5) is 15.9 Å². The fourth-order valence-corrected chi connectivity index (χ4v) is 6.77. The highest BCUT2D eigenvalue weighted by Crippen LogP contribution is 2.54. The molecular formula is C28H26FN7OS. The van der Waals surface area contributed by atoms with Crippen molar-refractivity contribution in [1.29, 1.82) is 0 Å². The van der Waals surface area contributed by atoms with Crippen LogP contribution in [-0.2, 0) is 6.42 Å². The second-order valence-corrected chi connectivity index (χ2v) is 12.1. The molecule has 3 aliphatic carbocycles. The summed E-state index contributed by atoms with van der Waals surface area (Å²) < 4.78 is 15.7. The normalized spacial score (nSPS) is 20.7. The Bertz CT molecular complexity index is 1640. The number of anilines is 2. The molecule has 3 N–H and O–H groups in total. The van der Waals surface area contributed by atoms with Crippen molar-refractivity contribution in [2.24, 2.45) is 11.1 Å². The molecule has 1 unspecified atom stereocenters. The summed E-state index contributed by atoms with van der Waals surface area (Å²) in [5.74, 6) is 0.570. The molecule has 1 spiro atoms. The van der Waals surface area contributed by atoms with Crippen molar-refractivity contribution in [2.45, 2.75) is 54.2 Å². The van der Waals surface area contributed by atoms with Gasteiger partial charge in [-0.15, -0.1) is 0 Å². The van der Waals surface area contributed by atoms with Gasteiger partial charge in [0.2, 0.25) is 5.52 Å². The Morgan fingerprint density at radius 2 is 2.08 bits per heavy atom. The molecule has 1 saturated heterocycles. The number of nitrogens with zero attached hydrogens (tertiary/aromatic N) is 5. The first kappa shape index (κ1) is 22.5. The van der Waals surface area contributed by atoms with Gasteiger partial charge in [0.1, 0.15) is 17.2 Å². The van der Waals surface area contributed by atoms with Gasteiger partial charge in [0.05, 0.1) is 5.69 Å². The first-order valence-electron chi connectivity index (χ1n) is 13.1. The van der Waals surface area contributed by atoms with Crippen molar-refractivity contribution in [2.75, 3.05) is 23.3 Å². The van der Waals surface area contributed by atoms with Gasteiger partial charge in [-0.25, -0.2) is 19.3 Å². The summed E-state index contributed by atoms with van der Waals surface area (Å²) in [7, 11) is 0. The summed E-state index contributed by atoms with van der Waals surface area (Å²) in [5, 5.41) is 16.4. The minimum Gasteiger partial charge on any atom is -0.618 e. The van der Waals surface area contributed by atoms with Gasteiger partial charge >= 0.3 is 0 Å². The molecule has 8 rings (SSSR count). The Balaban J connectivity index is 1.24. The van der Waals surface area contributed by atoms with Crippen LogP contribution in [0.25, 0.3) is 22.2 Å². The van der Waals surface area contributed by atoms with Crippen molar-refractivity contribution in [1.82, 2.24) is 15.0 Å². The number of nitrogens with one attached hydrogen (secondary N) is 1. The molecule has 4 heterocycles. The zero-order valence-corrected chi connectivity index (χ0v) is 21.5. The molecule has 2 saturated carbocycles. The maximum atomic E-state index is 14.9. The van der Waals surface area contributed by atoms with Crippen LogP contribution in [0.5, 0.6) is 0 Å². The SMILES string of the molecule is NC1CN(c2nc(Sc3cnc4ccc[n+]([O-])c4c3)nc3c2-c2cc(F)cc(NC4CC4)c2C3)CC12CC2. The number of nitrogens with two attached hydrogens (primary N) is 1. The number of rotatable bonds is 5. The number of hydrogen-bond donors (Lipinski definition) is 2. The van der Waals surface area contributed by atoms with Gasteiger partial charge in [0.15, 0.2) is 11.4 Å². The van der Waals surface area contributed by atoms with Gasteiger partial charge < -0.3 is 21.2 Å². The topological polar surface area (TPSA) is 107 Å². The highest BCUT2D eigenvalue weighted by atomic mass is 32.2. The number of benzene rings is 1. The van der Waals surface area contributed by atoms with E-state index in [9.17, 15) is 9.60 Å². The van der Waals surface area contributed by atoms with Crippen LogP contribution in [0.15, 0.2) is 52.8 Å². The standard InChI is InChI=1S/C28H26FN7OS/c29-15-8-19-18(21(9-15)32-16-3-4-16)11-22-25(19)26(35-13-24(30)28(14-35)5-6-28)34-27(33-22)38-17-10-23-20(31-12-17)2-1-7-36(23)37/h1-2,7-10,12,16,24,32H,3-6,11,13-14,30H2. The van der Waals surface area contributed by atoms with Crippen LogP contribution in [0.3, 0.4) is 0 Å². The lowest BCUT2D eigenvalue weighted by Gasteiger charge is -2.21. The Hall–Kier alpha value is -3.50. The summed E-state index contributed by atoms with van der Waals surface area (Å²) in [4.78, 5) is 17.5. The molecule has 3 fully saturated rings. The van der Waals surface area contributed by atoms with Crippen LogP contribution >= 0.6 is 11.8 Å². The molecule has 10 heteroatoms. The van der Waals surface area contributed by atoms with Gasteiger partial charge in [0, 0.05) is 71.5 Å². The summed E-state index contributed by atoms with van der Waals surface area (Å²) in [6.45, 7) is 1.58. The molecule has 3 aromatic heterocycles. The van der Waals surface area contributed by atoms with Crippen LogP contribution < -0.4 is 20.7 Å². The molecule has 0 radical (unpaired) electrons. The third kappa shape index (κ3) is 3.61. The molecule has 1 aliphatic heterocycles. The average Bonchev–Trinajstić information content (AvgIpc) is 3.80. The zero-order valence-electron chi connectivity index (χ0n) is 20.7. The van der Waals surface area contributed by atoms with Crippen molar-refractivity contribution >= 4 is 34.3 Å². The van der Waals surface area contributed by atoms with E-state index in [1.165, 1.54) is 18.0 Å². The molecule has 0 bridgehead atoms. The molecule has 0 amide bonds.